The minimum atomic E-state index is -0.137. The number of hydrogen-bond acceptors (Lipinski definition) is 5. The number of amides is 2. The molecule has 1 aliphatic heterocycles. The molecule has 1 saturated heterocycles. The fourth-order valence-corrected chi connectivity index (χ4v) is 2.67. The van der Waals surface area contributed by atoms with Crippen LogP contribution in [0.3, 0.4) is 0 Å². The summed E-state index contributed by atoms with van der Waals surface area (Å²) in [5, 5.41) is 2.89. The summed E-state index contributed by atoms with van der Waals surface area (Å²) in [5.41, 5.74) is 1.42. The maximum atomic E-state index is 12.0. The van der Waals surface area contributed by atoms with Gasteiger partial charge < -0.3 is 20.0 Å². The Morgan fingerprint density at radius 3 is 2.46 bits per heavy atom. The molecule has 0 saturated carbocycles. The van der Waals surface area contributed by atoms with Crippen molar-refractivity contribution >= 4 is 17.5 Å². The van der Waals surface area contributed by atoms with Crippen molar-refractivity contribution in [1.82, 2.24) is 20.1 Å². The van der Waals surface area contributed by atoms with E-state index in [1.165, 1.54) is 0 Å². The van der Waals surface area contributed by atoms with Gasteiger partial charge in [0.1, 0.15) is 5.69 Å². The van der Waals surface area contributed by atoms with Crippen LogP contribution in [0.25, 0.3) is 0 Å². The van der Waals surface area contributed by atoms with Crippen molar-refractivity contribution in [3.8, 4) is 0 Å². The first-order valence-corrected chi connectivity index (χ1v) is 8.37. The van der Waals surface area contributed by atoms with Crippen molar-refractivity contribution in [3.05, 3.63) is 24.0 Å². The topological polar surface area (TPSA) is 68.8 Å². The molecule has 1 N–H and O–H groups in total. The monoisotopic (exact) mass is 333 g/mol. The second-order valence-electron chi connectivity index (χ2n) is 6.31. The number of carbonyl (C=O) groups excluding carboxylic acids is 2. The van der Waals surface area contributed by atoms with E-state index >= 15 is 0 Å². The van der Waals surface area contributed by atoms with Crippen molar-refractivity contribution in [2.45, 2.75) is 13.3 Å². The fraction of sp³-hybridized carbons (Fsp3) is 0.588. The van der Waals surface area contributed by atoms with Crippen molar-refractivity contribution in [1.29, 1.82) is 0 Å². The van der Waals surface area contributed by atoms with Crippen molar-refractivity contribution in [2.75, 3.05) is 58.3 Å². The molecule has 24 heavy (non-hydrogen) atoms. The Hall–Kier alpha value is -2.15. The molecule has 1 fully saturated rings. The lowest BCUT2D eigenvalue weighted by molar-refractivity contribution is -0.129. The molecule has 7 heteroatoms. The summed E-state index contributed by atoms with van der Waals surface area (Å²) in [6, 6.07) is 3.68. The zero-order chi connectivity index (χ0) is 17.5. The first kappa shape index (κ1) is 18.2. The fourth-order valence-electron chi connectivity index (χ4n) is 2.67. The van der Waals surface area contributed by atoms with Gasteiger partial charge in [0.25, 0.3) is 5.91 Å². The maximum absolute atomic E-state index is 12.0. The standard InChI is InChI=1S/C17H27N5O2/c1-14(23)21-9-11-22(12-10-21)15-5-6-16(19-13-15)17(24)18-7-4-8-20(2)3/h5-6,13H,4,7-12H2,1-3H3,(H,18,24). The molecule has 2 amide bonds. The highest BCUT2D eigenvalue weighted by molar-refractivity contribution is 5.92. The molecule has 0 radical (unpaired) electrons. The van der Waals surface area contributed by atoms with E-state index in [1.54, 1.807) is 19.2 Å². The van der Waals surface area contributed by atoms with E-state index in [0.29, 0.717) is 12.2 Å². The van der Waals surface area contributed by atoms with E-state index in [1.807, 2.05) is 25.1 Å². The maximum Gasteiger partial charge on any atom is 0.269 e. The number of carbonyl (C=O) groups is 2. The van der Waals surface area contributed by atoms with E-state index in [2.05, 4.69) is 20.1 Å². The molecule has 1 aliphatic rings. The molecule has 0 bridgehead atoms. The Balaban J connectivity index is 1.82. The number of piperazine rings is 1. The van der Waals surface area contributed by atoms with Gasteiger partial charge in [0.05, 0.1) is 11.9 Å². The number of hydrogen-bond donors (Lipinski definition) is 1. The number of nitrogens with zero attached hydrogens (tertiary/aromatic N) is 4. The van der Waals surface area contributed by atoms with Gasteiger partial charge in [-0.3, -0.25) is 9.59 Å². The number of aromatic nitrogens is 1. The molecular weight excluding hydrogens is 306 g/mol. The van der Waals surface area contributed by atoms with E-state index in [-0.39, 0.29) is 11.8 Å². The highest BCUT2D eigenvalue weighted by Crippen LogP contribution is 2.15. The number of nitrogens with one attached hydrogen (secondary N) is 1. The molecule has 2 rings (SSSR count). The Morgan fingerprint density at radius 1 is 1.21 bits per heavy atom. The SMILES string of the molecule is CC(=O)N1CCN(c2ccc(C(=O)NCCCN(C)C)nc2)CC1. The third kappa shape index (κ3) is 5.19. The van der Waals surface area contributed by atoms with E-state index in [9.17, 15) is 9.59 Å². The predicted molar refractivity (Wildman–Crippen MR) is 94.2 cm³/mol. The van der Waals surface area contributed by atoms with E-state index in [0.717, 1.165) is 44.8 Å². The van der Waals surface area contributed by atoms with Crippen LogP contribution < -0.4 is 10.2 Å². The number of anilines is 1. The predicted octanol–water partition coefficient (Wildman–Crippen LogP) is 0.432. The highest BCUT2D eigenvalue weighted by Gasteiger charge is 2.19. The quantitative estimate of drug-likeness (QED) is 0.765. The average Bonchev–Trinajstić information content (AvgIpc) is 2.58. The summed E-state index contributed by atoms with van der Waals surface area (Å²) in [5.74, 6) is -0.0178. The number of rotatable bonds is 6. The minimum absolute atomic E-state index is 0.120. The summed E-state index contributed by atoms with van der Waals surface area (Å²) in [6.07, 6.45) is 2.65. The van der Waals surface area contributed by atoms with Gasteiger partial charge in [-0.15, -0.1) is 0 Å². The van der Waals surface area contributed by atoms with E-state index < -0.39 is 0 Å². The zero-order valence-electron chi connectivity index (χ0n) is 14.8. The average molecular weight is 333 g/mol. The molecule has 2 heterocycles. The van der Waals surface area contributed by atoms with Crippen molar-refractivity contribution in [2.24, 2.45) is 0 Å². The van der Waals surface area contributed by atoms with Crippen LogP contribution in [0.15, 0.2) is 18.3 Å². The Labute approximate surface area is 143 Å². The molecule has 7 nitrogen and oxygen atoms in total. The van der Waals surface area contributed by atoms with Gasteiger partial charge in [0.2, 0.25) is 5.91 Å². The normalized spacial score (nSPS) is 14.8. The lowest BCUT2D eigenvalue weighted by Crippen LogP contribution is -2.48. The van der Waals surface area contributed by atoms with Crippen LogP contribution in [0.5, 0.6) is 0 Å². The lowest BCUT2D eigenvalue weighted by Gasteiger charge is -2.35. The first-order chi connectivity index (χ1) is 11.5. The highest BCUT2D eigenvalue weighted by atomic mass is 16.2. The Morgan fingerprint density at radius 2 is 1.92 bits per heavy atom. The summed E-state index contributed by atoms with van der Waals surface area (Å²) >= 11 is 0. The van der Waals surface area contributed by atoms with Gasteiger partial charge in [-0.25, -0.2) is 4.98 Å². The first-order valence-electron chi connectivity index (χ1n) is 8.37. The second-order valence-corrected chi connectivity index (χ2v) is 6.31. The molecule has 0 spiro atoms. The molecule has 0 aromatic carbocycles. The lowest BCUT2D eigenvalue weighted by atomic mass is 10.2. The van der Waals surface area contributed by atoms with Gasteiger partial charge in [0, 0.05) is 39.6 Å². The van der Waals surface area contributed by atoms with Gasteiger partial charge in [-0.2, -0.15) is 0 Å². The van der Waals surface area contributed by atoms with Gasteiger partial charge in [0.15, 0.2) is 0 Å². The van der Waals surface area contributed by atoms with Crippen LogP contribution in [-0.4, -0.2) is 80.0 Å². The van der Waals surface area contributed by atoms with Crippen LogP contribution in [0, 0.1) is 0 Å². The van der Waals surface area contributed by atoms with Crippen LogP contribution in [-0.2, 0) is 4.79 Å². The smallest absolute Gasteiger partial charge is 0.269 e. The van der Waals surface area contributed by atoms with Crippen molar-refractivity contribution in [3.63, 3.8) is 0 Å². The molecule has 0 unspecified atom stereocenters. The van der Waals surface area contributed by atoms with E-state index in [4.69, 9.17) is 0 Å². The van der Waals surface area contributed by atoms with Crippen molar-refractivity contribution < 1.29 is 9.59 Å². The van der Waals surface area contributed by atoms with Gasteiger partial charge >= 0.3 is 0 Å². The second kappa shape index (κ2) is 8.63. The molecule has 0 atom stereocenters. The summed E-state index contributed by atoms with van der Waals surface area (Å²) in [4.78, 5) is 33.8. The zero-order valence-corrected chi connectivity index (χ0v) is 14.8. The molecule has 1 aromatic rings. The largest absolute Gasteiger partial charge is 0.367 e. The molecular formula is C17H27N5O2. The van der Waals surface area contributed by atoms with Crippen LogP contribution in [0.1, 0.15) is 23.8 Å². The number of pyridine rings is 1. The molecule has 1 aromatic heterocycles. The van der Waals surface area contributed by atoms with Crippen LogP contribution in [0.2, 0.25) is 0 Å². The minimum Gasteiger partial charge on any atom is -0.367 e. The third-order valence-corrected chi connectivity index (χ3v) is 4.14. The van der Waals surface area contributed by atoms with Gasteiger partial charge in [-0.05, 0) is 39.2 Å². The summed E-state index contributed by atoms with van der Waals surface area (Å²) in [7, 11) is 4.02. The summed E-state index contributed by atoms with van der Waals surface area (Å²) in [6.45, 7) is 6.22. The van der Waals surface area contributed by atoms with Gasteiger partial charge in [-0.1, -0.05) is 0 Å². The summed E-state index contributed by atoms with van der Waals surface area (Å²) < 4.78 is 0. The molecule has 0 aliphatic carbocycles. The Bertz CT molecular complexity index is 551. The van der Waals surface area contributed by atoms with Crippen LogP contribution >= 0.6 is 0 Å². The Kier molecular flexibility index (Phi) is 6.54. The third-order valence-electron chi connectivity index (χ3n) is 4.14. The molecule has 132 valence electrons. The van der Waals surface area contributed by atoms with Crippen LogP contribution in [0.4, 0.5) is 5.69 Å².